The second-order valence-corrected chi connectivity index (χ2v) is 14.4. The van der Waals surface area contributed by atoms with Crippen molar-refractivity contribution in [2.45, 2.75) is 38.4 Å². The number of carbonyl (C=O) groups is 1. The van der Waals surface area contributed by atoms with E-state index in [1.165, 1.54) is 29.1 Å². The second-order valence-electron chi connectivity index (χ2n) is 11.4. The molecule has 5 rings (SSSR count). The van der Waals surface area contributed by atoms with Gasteiger partial charge in [-0.1, -0.05) is 19.9 Å². The van der Waals surface area contributed by atoms with E-state index in [4.69, 9.17) is 19.2 Å². The van der Waals surface area contributed by atoms with Gasteiger partial charge in [0.15, 0.2) is 5.76 Å². The van der Waals surface area contributed by atoms with Crippen molar-refractivity contribution in [3.8, 4) is 16.3 Å². The molecular formula is C34H39N3O7S2. The number of aliphatic hydroxyl groups excluding tert-OH is 1. The van der Waals surface area contributed by atoms with Gasteiger partial charge in [0.05, 0.1) is 35.4 Å². The van der Waals surface area contributed by atoms with Crippen LogP contribution < -0.4 is 10.1 Å². The van der Waals surface area contributed by atoms with Crippen LogP contribution in [0.3, 0.4) is 0 Å². The van der Waals surface area contributed by atoms with Crippen LogP contribution in [-0.4, -0.2) is 68.4 Å². The number of anilines is 1. The maximum atomic E-state index is 13.3. The number of methoxy groups -OCH3 is 1. The van der Waals surface area contributed by atoms with E-state index < -0.39 is 22.2 Å². The molecular weight excluding hydrogens is 627 g/mol. The van der Waals surface area contributed by atoms with Crippen molar-refractivity contribution < 1.29 is 32.5 Å². The number of nitrogens with zero attached hydrogens (tertiary/aromatic N) is 2. The van der Waals surface area contributed by atoms with Gasteiger partial charge in [-0.05, 0) is 91.1 Å². The number of aryl methyl sites for hydroxylation is 1. The van der Waals surface area contributed by atoms with Gasteiger partial charge < -0.3 is 24.6 Å². The number of nitrogens with one attached hydrogen (secondary N) is 1. The molecule has 2 unspecified atom stereocenters. The Kier molecular flexibility index (Phi) is 10.7. The number of hydrogen-bond acceptors (Lipinski definition) is 9. The fourth-order valence-electron chi connectivity index (χ4n) is 5.10. The Bertz CT molecular complexity index is 1790. The molecule has 2 heterocycles. The fraction of sp³-hybridized carbons (Fsp3) is 0.353. The molecule has 3 aromatic carbocycles. The number of hydrogen-bond donors (Lipinski definition) is 2. The first-order valence-corrected chi connectivity index (χ1v) is 17.4. The zero-order chi connectivity index (χ0) is 32.8. The monoisotopic (exact) mass is 665 g/mol. The summed E-state index contributed by atoms with van der Waals surface area (Å²) in [5.74, 6) is 0.525. The van der Waals surface area contributed by atoms with Crippen molar-refractivity contribution in [3.63, 3.8) is 0 Å². The van der Waals surface area contributed by atoms with Crippen molar-refractivity contribution in [2.24, 2.45) is 11.8 Å². The van der Waals surface area contributed by atoms with E-state index in [0.29, 0.717) is 17.9 Å². The van der Waals surface area contributed by atoms with E-state index >= 15 is 0 Å². The summed E-state index contributed by atoms with van der Waals surface area (Å²) in [5, 5.41) is 13.4. The third-order valence-electron chi connectivity index (χ3n) is 7.79. The van der Waals surface area contributed by atoms with Crippen LogP contribution in [0.2, 0.25) is 0 Å². The number of aliphatic hydroxyl groups is 1. The summed E-state index contributed by atoms with van der Waals surface area (Å²) < 4.78 is 45.8. The highest BCUT2D eigenvalue weighted by atomic mass is 32.2. The second kappa shape index (κ2) is 14.7. The smallest absolute Gasteiger partial charge is 0.290 e. The number of ether oxygens (including phenoxy) is 3. The van der Waals surface area contributed by atoms with Crippen molar-refractivity contribution in [3.05, 3.63) is 84.1 Å². The average molecular weight is 666 g/mol. The molecule has 1 aliphatic rings. The lowest BCUT2D eigenvalue weighted by Gasteiger charge is -2.31. The lowest BCUT2D eigenvalue weighted by Crippen LogP contribution is -2.38. The van der Waals surface area contributed by atoms with Gasteiger partial charge in [-0.3, -0.25) is 4.79 Å². The standard InChI is InChI=1S/C34H39N3O7S2/c1-22(2)25-20-30(33(39)35-26-8-6-24(7-9-26)34-36-29-14-5-23(3)19-31(29)45-34)44-32(21-25)43-18-16-37(15-17-38)46(40,41)28-12-10-27(42-4)11-13-28/h5-14,19-20,22,25,32,38H,15-18,21H2,1-4H3,(H,35,39). The minimum absolute atomic E-state index is 0.00651. The van der Waals surface area contributed by atoms with Crippen LogP contribution in [0.4, 0.5) is 5.69 Å². The molecule has 0 aliphatic carbocycles. The van der Waals surface area contributed by atoms with Gasteiger partial charge in [-0.2, -0.15) is 4.31 Å². The minimum atomic E-state index is -3.89. The van der Waals surface area contributed by atoms with Crippen LogP contribution in [0.1, 0.15) is 25.8 Å². The molecule has 0 radical (unpaired) electrons. The van der Waals surface area contributed by atoms with E-state index in [2.05, 4.69) is 32.2 Å². The number of amides is 1. The first kappa shape index (κ1) is 33.6. The van der Waals surface area contributed by atoms with Crippen LogP contribution in [0, 0.1) is 18.8 Å². The van der Waals surface area contributed by atoms with Gasteiger partial charge in [-0.15, -0.1) is 11.3 Å². The highest BCUT2D eigenvalue weighted by Crippen LogP contribution is 2.32. The van der Waals surface area contributed by atoms with Crippen molar-refractivity contribution in [1.82, 2.24) is 9.29 Å². The molecule has 10 nitrogen and oxygen atoms in total. The third-order valence-corrected chi connectivity index (χ3v) is 10.8. The van der Waals surface area contributed by atoms with Gasteiger partial charge in [0, 0.05) is 30.8 Å². The summed E-state index contributed by atoms with van der Waals surface area (Å²) >= 11 is 1.63. The molecule has 0 fully saturated rings. The lowest BCUT2D eigenvalue weighted by molar-refractivity contribution is -0.148. The van der Waals surface area contributed by atoms with Crippen molar-refractivity contribution in [2.75, 3.05) is 38.7 Å². The van der Waals surface area contributed by atoms with Crippen LogP contribution >= 0.6 is 11.3 Å². The van der Waals surface area contributed by atoms with Gasteiger partial charge in [-0.25, -0.2) is 13.4 Å². The first-order chi connectivity index (χ1) is 22.1. The Hall–Kier alpha value is -3.81. The van der Waals surface area contributed by atoms with E-state index in [0.717, 1.165) is 20.8 Å². The largest absolute Gasteiger partial charge is 0.497 e. The van der Waals surface area contributed by atoms with Crippen LogP contribution in [0.5, 0.6) is 5.75 Å². The van der Waals surface area contributed by atoms with Crippen molar-refractivity contribution in [1.29, 1.82) is 0 Å². The van der Waals surface area contributed by atoms with Gasteiger partial charge in [0.2, 0.25) is 16.3 Å². The highest BCUT2D eigenvalue weighted by molar-refractivity contribution is 7.89. The molecule has 4 aromatic rings. The Morgan fingerprint density at radius 2 is 1.85 bits per heavy atom. The minimum Gasteiger partial charge on any atom is -0.497 e. The molecule has 0 saturated heterocycles. The summed E-state index contributed by atoms with van der Waals surface area (Å²) in [6, 6.07) is 19.8. The Labute approximate surface area is 273 Å². The molecule has 2 atom stereocenters. The number of allylic oxidation sites excluding steroid dienone is 1. The lowest BCUT2D eigenvalue weighted by atomic mass is 9.90. The van der Waals surface area contributed by atoms with Crippen LogP contribution in [0.15, 0.2) is 83.5 Å². The number of fused-ring (bicyclic) bond motifs is 1. The molecule has 0 spiro atoms. The molecule has 1 aromatic heterocycles. The Morgan fingerprint density at radius 3 is 2.52 bits per heavy atom. The Balaban J connectivity index is 1.21. The van der Waals surface area contributed by atoms with Gasteiger partial charge in [0.25, 0.3) is 5.91 Å². The number of benzene rings is 3. The number of sulfonamides is 1. The van der Waals surface area contributed by atoms with E-state index in [1.807, 2.05) is 42.5 Å². The quantitative estimate of drug-likeness (QED) is 0.183. The third kappa shape index (κ3) is 7.94. The Morgan fingerprint density at radius 1 is 1.11 bits per heavy atom. The van der Waals surface area contributed by atoms with Crippen LogP contribution in [0.25, 0.3) is 20.8 Å². The summed E-state index contributed by atoms with van der Waals surface area (Å²) in [6.07, 6.45) is 1.59. The summed E-state index contributed by atoms with van der Waals surface area (Å²) in [4.78, 5) is 18.1. The van der Waals surface area contributed by atoms with Gasteiger partial charge >= 0.3 is 0 Å². The average Bonchev–Trinajstić information content (AvgIpc) is 3.47. The maximum absolute atomic E-state index is 13.3. The van der Waals surface area contributed by atoms with Gasteiger partial charge in [0.1, 0.15) is 10.8 Å². The van der Waals surface area contributed by atoms with E-state index in [-0.39, 0.29) is 48.8 Å². The zero-order valence-electron chi connectivity index (χ0n) is 26.3. The number of thiazole rings is 1. The van der Waals surface area contributed by atoms with Crippen LogP contribution in [-0.2, 0) is 24.3 Å². The van der Waals surface area contributed by atoms with Crippen molar-refractivity contribution >= 4 is 43.2 Å². The topological polar surface area (TPSA) is 127 Å². The SMILES string of the molecule is COc1ccc(S(=O)(=O)N(CCO)CCOC2CC(C(C)C)C=C(C(=O)Nc3ccc(-c4nc5ccc(C)cc5s4)cc3)O2)cc1. The zero-order valence-corrected chi connectivity index (χ0v) is 27.9. The van der Waals surface area contributed by atoms with E-state index in [1.54, 1.807) is 23.5 Å². The molecule has 0 saturated carbocycles. The highest BCUT2D eigenvalue weighted by Gasteiger charge is 2.30. The predicted octanol–water partition coefficient (Wildman–Crippen LogP) is 5.82. The summed E-state index contributed by atoms with van der Waals surface area (Å²) in [5.41, 5.74) is 3.72. The predicted molar refractivity (Wildman–Crippen MR) is 179 cm³/mol. The number of rotatable bonds is 13. The first-order valence-electron chi connectivity index (χ1n) is 15.1. The summed E-state index contributed by atoms with van der Waals surface area (Å²) in [6.45, 7) is 5.74. The molecule has 2 N–H and O–H groups in total. The summed E-state index contributed by atoms with van der Waals surface area (Å²) in [7, 11) is -2.38. The molecule has 1 amide bonds. The normalized spacial score (nSPS) is 16.8. The van der Waals surface area contributed by atoms with E-state index in [9.17, 15) is 18.3 Å². The number of carbonyl (C=O) groups excluding carboxylic acids is 1. The fourth-order valence-corrected chi connectivity index (χ4v) is 7.58. The molecule has 244 valence electrons. The molecule has 1 aliphatic heterocycles. The maximum Gasteiger partial charge on any atom is 0.290 e. The number of aromatic nitrogens is 1. The molecule has 0 bridgehead atoms. The molecule has 12 heteroatoms. The molecule has 46 heavy (non-hydrogen) atoms.